The van der Waals surface area contributed by atoms with Gasteiger partial charge in [0, 0.05) is 25.6 Å². The standard InChI is InChI=1S/C13H16O4/c14-12(11-2-1-5-16-11)10-3-6-17-13(8-10)4-7-15-9-13/h1-2,5,10H,3-4,6-9H2. The fourth-order valence-corrected chi connectivity index (χ4v) is 2.73. The average Bonchev–Trinajstić information content (AvgIpc) is 3.00. The van der Waals surface area contributed by atoms with Gasteiger partial charge in [-0.1, -0.05) is 0 Å². The SMILES string of the molecule is O=C(c1ccco1)C1CCOC2(CCOC2)C1. The predicted molar refractivity (Wildman–Crippen MR) is 59.9 cm³/mol. The van der Waals surface area contributed by atoms with Crippen molar-refractivity contribution in [2.75, 3.05) is 19.8 Å². The van der Waals surface area contributed by atoms with Gasteiger partial charge in [-0.25, -0.2) is 0 Å². The first-order valence-corrected chi connectivity index (χ1v) is 6.09. The van der Waals surface area contributed by atoms with E-state index in [0.29, 0.717) is 19.0 Å². The zero-order valence-corrected chi connectivity index (χ0v) is 9.69. The third-order valence-corrected chi connectivity index (χ3v) is 3.69. The Morgan fingerprint density at radius 1 is 1.41 bits per heavy atom. The van der Waals surface area contributed by atoms with Crippen molar-refractivity contribution >= 4 is 5.78 Å². The van der Waals surface area contributed by atoms with Crippen LogP contribution in [0.5, 0.6) is 0 Å². The third-order valence-electron chi connectivity index (χ3n) is 3.69. The van der Waals surface area contributed by atoms with Crippen molar-refractivity contribution in [2.45, 2.75) is 24.9 Å². The van der Waals surface area contributed by atoms with Gasteiger partial charge in [0.1, 0.15) is 0 Å². The summed E-state index contributed by atoms with van der Waals surface area (Å²) in [6.07, 6.45) is 3.98. The summed E-state index contributed by atoms with van der Waals surface area (Å²) in [5, 5.41) is 0. The lowest BCUT2D eigenvalue weighted by molar-refractivity contribution is -0.0922. The minimum atomic E-state index is -0.217. The summed E-state index contributed by atoms with van der Waals surface area (Å²) in [5.74, 6) is 0.576. The number of carbonyl (C=O) groups is 1. The van der Waals surface area contributed by atoms with E-state index in [1.54, 1.807) is 18.4 Å². The van der Waals surface area contributed by atoms with Crippen molar-refractivity contribution in [1.29, 1.82) is 0 Å². The number of ketones is 1. The Kier molecular flexibility index (Phi) is 2.76. The quantitative estimate of drug-likeness (QED) is 0.737. The molecule has 2 aliphatic rings. The van der Waals surface area contributed by atoms with Crippen molar-refractivity contribution in [3.05, 3.63) is 24.2 Å². The number of Topliss-reactive ketones (excluding diaryl/α,β-unsaturated/α-hetero) is 1. The molecule has 17 heavy (non-hydrogen) atoms. The number of carbonyl (C=O) groups excluding carboxylic acids is 1. The minimum absolute atomic E-state index is 0.0107. The van der Waals surface area contributed by atoms with Gasteiger partial charge in [0.2, 0.25) is 5.78 Å². The summed E-state index contributed by atoms with van der Waals surface area (Å²) in [6.45, 7) is 2.00. The summed E-state index contributed by atoms with van der Waals surface area (Å²) in [7, 11) is 0. The van der Waals surface area contributed by atoms with Gasteiger partial charge in [0.15, 0.2) is 5.76 Å². The number of furan rings is 1. The maximum atomic E-state index is 12.2. The molecular formula is C13H16O4. The number of ether oxygens (including phenoxy) is 2. The smallest absolute Gasteiger partial charge is 0.201 e. The highest BCUT2D eigenvalue weighted by molar-refractivity contribution is 5.95. The Morgan fingerprint density at radius 2 is 2.35 bits per heavy atom. The van der Waals surface area contributed by atoms with Crippen LogP contribution in [0.25, 0.3) is 0 Å². The van der Waals surface area contributed by atoms with Crippen LogP contribution in [0.4, 0.5) is 0 Å². The van der Waals surface area contributed by atoms with Crippen LogP contribution in [0.15, 0.2) is 22.8 Å². The molecule has 0 aromatic carbocycles. The zero-order valence-electron chi connectivity index (χ0n) is 9.69. The molecule has 0 aliphatic carbocycles. The van der Waals surface area contributed by atoms with Crippen LogP contribution in [0.2, 0.25) is 0 Å². The molecule has 2 saturated heterocycles. The Bertz CT molecular complexity index is 390. The Hall–Kier alpha value is -1.13. The molecule has 2 unspecified atom stereocenters. The molecule has 1 spiro atoms. The molecule has 4 heteroatoms. The summed E-state index contributed by atoms with van der Waals surface area (Å²) in [5.41, 5.74) is -0.217. The molecule has 0 bridgehead atoms. The van der Waals surface area contributed by atoms with Gasteiger partial charge < -0.3 is 13.9 Å². The van der Waals surface area contributed by atoms with Crippen molar-refractivity contribution in [1.82, 2.24) is 0 Å². The largest absolute Gasteiger partial charge is 0.461 e. The summed E-state index contributed by atoms with van der Waals surface area (Å²) < 4.78 is 16.4. The normalized spacial score (nSPS) is 33.1. The molecule has 2 fully saturated rings. The predicted octanol–water partition coefficient (Wildman–Crippen LogP) is 2.05. The van der Waals surface area contributed by atoms with Gasteiger partial charge in [-0.3, -0.25) is 4.79 Å². The second kappa shape index (κ2) is 4.27. The molecule has 0 radical (unpaired) electrons. The molecule has 0 amide bonds. The molecule has 4 nitrogen and oxygen atoms in total. The molecular weight excluding hydrogens is 220 g/mol. The van der Waals surface area contributed by atoms with E-state index < -0.39 is 0 Å². The van der Waals surface area contributed by atoms with E-state index in [0.717, 1.165) is 25.9 Å². The maximum Gasteiger partial charge on any atom is 0.201 e. The van der Waals surface area contributed by atoms with E-state index in [-0.39, 0.29) is 17.3 Å². The van der Waals surface area contributed by atoms with E-state index in [2.05, 4.69) is 0 Å². The molecule has 92 valence electrons. The fraction of sp³-hybridized carbons (Fsp3) is 0.615. The zero-order chi connectivity index (χ0) is 11.7. The molecule has 1 aromatic heterocycles. The van der Waals surface area contributed by atoms with Crippen LogP contribution in [-0.2, 0) is 9.47 Å². The van der Waals surface area contributed by atoms with Crippen molar-refractivity contribution < 1.29 is 18.7 Å². The van der Waals surface area contributed by atoms with Gasteiger partial charge in [-0.2, -0.15) is 0 Å². The minimum Gasteiger partial charge on any atom is -0.461 e. The number of rotatable bonds is 2. The van der Waals surface area contributed by atoms with E-state index in [4.69, 9.17) is 13.9 Å². The second-order valence-corrected chi connectivity index (χ2v) is 4.87. The van der Waals surface area contributed by atoms with Crippen LogP contribution in [0.1, 0.15) is 29.8 Å². The van der Waals surface area contributed by atoms with Crippen LogP contribution in [-0.4, -0.2) is 31.2 Å². The third kappa shape index (κ3) is 2.03. The number of hydrogen-bond donors (Lipinski definition) is 0. The Morgan fingerprint density at radius 3 is 3.06 bits per heavy atom. The highest BCUT2D eigenvalue weighted by Gasteiger charge is 2.43. The molecule has 3 rings (SSSR count). The summed E-state index contributed by atoms with van der Waals surface area (Å²) in [6, 6.07) is 3.48. The number of hydrogen-bond acceptors (Lipinski definition) is 4. The Balaban J connectivity index is 1.73. The topological polar surface area (TPSA) is 48.7 Å². The molecule has 2 aliphatic heterocycles. The van der Waals surface area contributed by atoms with Gasteiger partial charge in [0.25, 0.3) is 0 Å². The van der Waals surface area contributed by atoms with E-state index in [9.17, 15) is 4.79 Å². The van der Waals surface area contributed by atoms with Crippen LogP contribution < -0.4 is 0 Å². The lowest BCUT2D eigenvalue weighted by atomic mass is 9.82. The lowest BCUT2D eigenvalue weighted by Crippen LogP contribution is -2.42. The molecule has 0 saturated carbocycles. The Labute approximate surface area is 99.9 Å². The van der Waals surface area contributed by atoms with Gasteiger partial charge in [0.05, 0.1) is 18.5 Å². The van der Waals surface area contributed by atoms with Crippen LogP contribution in [0, 0.1) is 5.92 Å². The van der Waals surface area contributed by atoms with Gasteiger partial charge >= 0.3 is 0 Å². The van der Waals surface area contributed by atoms with Crippen molar-refractivity contribution in [2.24, 2.45) is 5.92 Å². The first-order valence-electron chi connectivity index (χ1n) is 6.09. The monoisotopic (exact) mass is 236 g/mol. The van der Waals surface area contributed by atoms with Gasteiger partial charge in [-0.15, -0.1) is 0 Å². The molecule has 0 N–H and O–H groups in total. The van der Waals surface area contributed by atoms with Crippen molar-refractivity contribution in [3.63, 3.8) is 0 Å². The summed E-state index contributed by atoms with van der Waals surface area (Å²) in [4.78, 5) is 12.2. The first kappa shape index (κ1) is 11.0. The molecule has 2 atom stereocenters. The van der Waals surface area contributed by atoms with E-state index in [1.807, 2.05) is 0 Å². The molecule has 3 heterocycles. The molecule has 1 aromatic rings. The second-order valence-electron chi connectivity index (χ2n) is 4.87. The van der Waals surface area contributed by atoms with Gasteiger partial charge in [-0.05, 0) is 25.0 Å². The van der Waals surface area contributed by atoms with Crippen LogP contribution in [0.3, 0.4) is 0 Å². The van der Waals surface area contributed by atoms with Crippen LogP contribution >= 0.6 is 0 Å². The van der Waals surface area contributed by atoms with Crippen molar-refractivity contribution in [3.8, 4) is 0 Å². The maximum absolute atomic E-state index is 12.2. The first-order chi connectivity index (χ1) is 8.29. The highest BCUT2D eigenvalue weighted by atomic mass is 16.6. The van der Waals surface area contributed by atoms with E-state index in [1.165, 1.54) is 0 Å². The highest BCUT2D eigenvalue weighted by Crippen LogP contribution is 2.37. The lowest BCUT2D eigenvalue weighted by Gasteiger charge is -2.36. The van der Waals surface area contributed by atoms with E-state index >= 15 is 0 Å². The summed E-state index contributed by atoms with van der Waals surface area (Å²) >= 11 is 0. The fourth-order valence-electron chi connectivity index (χ4n) is 2.73. The average molecular weight is 236 g/mol.